The summed E-state index contributed by atoms with van der Waals surface area (Å²) in [5.74, 6) is -0.459. The van der Waals surface area contributed by atoms with E-state index in [-0.39, 0.29) is 40.7 Å². The van der Waals surface area contributed by atoms with E-state index in [0.717, 1.165) is 25.7 Å². The van der Waals surface area contributed by atoms with Crippen LogP contribution < -0.4 is 5.32 Å². The molecule has 1 amide bonds. The lowest BCUT2D eigenvalue weighted by molar-refractivity contribution is -0.0440. The highest BCUT2D eigenvalue weighted by atomic mass is 32.2. The first-order valence-corrected chi connectivity index (χ1v) is 15.5. The largest absolute Gasteiger partial charge is 0.373 e. The van der Waals surface area contributed by atoms with Crippen molar-refractivity contribution in [3.8, 4) is 0 Å². The van der Waals surface area contributed by atoms with Crippen molar-refractivity contribution in [1.82, 2.24) is 8.61 Å². The first-order chi connectivity index (χ1) is 17.5. The zero-order valence-corrected chi connectivity index (χ0v) is 23.1. The molecular formula is C26H35N3O6S2. The Hall–Kier alpha value is -2.31. The molecule has 2 fully saturated rings. The van der Waals surface area contributed by atoms with Gasteiger partial charge in [-0.1, -0.05) is 18.9 Å². The first-order valence-electron chi connectivity index (χ1n) is 12.7. The predicted molar refractivity (Wildman–Crippen MR) is 142 cm³/mol. The average Bonchev–Trinajstić information content (AvgIpc) is 3.15. The maximum Gasteiger partial charge on any atom is 0.255 e. The van der Waals surface area contributed by atoms with Crippen LogP contribution in [0.1, 0.15) is 55.5 Å². The topological polar surface area (TPSA) is 113 Å². The molecule has 202 valence electrons. The van der Waals surface area contributed by atoms with Crippen molar-refractivity contribution in [3.05, 3.63) is 53.6 Å². The third-order valence-corrected chi connectivity index (χ3v) is 10.7. The van der Waals surface area contributed by atoms with E-state index >= 15 is 0 Å². The molecule has 0 unspecified atom stereocenters. The van der Waals surface area contributed by atoms with Gasteiger partial charge in [-0.2, -0.15) is 8.61 Å². The van der Waals surface area contributed by atoms with Crippen LogP contribution in [0.25, 0.3) is 0 Å². The van der Waals surface area contributed by atoms with Gasteiger partial charge in [0, 0.05) is 37.4 Å². The summed E-state index contributed by atoms with van der Waals surface area (Å²) < 4.78 is 61.3. The van der Waals surface area contributed by atoms with E-state index in [2.05, 4.69) is 5.32 Å². The molecule has 9 nitrogen and oxygen atoms in total. The van der Waals surface area contributed by atoms with Gasteiger partial charge in [0.2, 0.25) is 20.0 Å². The Labute approximate surface area is 219 Å². The molecule has 2 aromatic rings. The Balaban J connectivity index is 1.50. The standard InChI is InChI=1S/C26H35N3O6S2/c1-19-8-11-23(16-25(19)37(33,34)28-14-6-4-5-7-15-28)27-26(30)22-9-12-24(13-10-22)36(31,32)29-17-20(2)35-21(3)18-29/h8-13,16,20-21H,4-7,14-15,17-18H2,1-3H3,(H,27,30)/t20-,21+. The van der Waals surface area contributed by atoms with Gasteiger partial charge in [-0.3, -0.25) is 4.79 Å². The third kappa shape index (κ3) is 6.23. The van der Waals surface area contributed by atoms with Crippen LogP contribution in [0, 0.1) is 6.92 Å². The number of carbonyl (C=O) groups is 1. The fraction of sp³-hybridized carbons (Fsp3) is 0.500. The van der Waals surface area contributed by atoms with Crippen LogP contribution in [0.3, 0.4) is 0 Å². The Morgan fingerprint density at radius 2 is 1.43 bits per heavy atom. The van der Waals surface area contributed by atoms with Crippen molar-refractivity contribution >= 4 is 31.6 Å². The smallest absolute Gasteiger partial charge is 0.255 e. The van der Waals surface area contributed by atoms with Crippen LogP contribution in [0.4, 0.5) is 5.69 Å². The number of nitrogens with zero attached hydrogens (tertiary/aromatic N) is 2. The lowest BCUT2D eigenvalue weighted by Gasteiger charge is -2.34. The highest BCUT2D eigenvalue weighted by Crippen LogP contribution is 2.27. The monoisotopic (exact) mass is 549 g/mol. The highest BCUT2D eigenvalue weighted by molar-refractivity contribution is 7.89. The number of rotatable bonds is 6. The van der Waals surface area contributed by atoms with Crippen LogP contribution in [-0.2, 0) is 24.8 Å². The number of ether oxygens (including phenoxy) is 1. The molecule has 2 aromatic carbocycles. The number of benzene rings is 2. The summed E-state index contributed by atoms with van der Waals surface area (Å²) in [7, 11) is -7.40. The second-order valence-electron chi connectivity index (χ2n) is 9.86. The molecular weight excluding hydrogens is 514 g/mol. The Kier molecular flexibility index (Phi) is 8.39. The fourth-order valence-corrected chi connectivity index (χ4v) is 8.19. The molecule has 0 aliphatic carbocycles. The maximum absolute atomic E-state index is 13.3. The van der Waals surface area contributed by atoms with Crippen molar-refractivity contribution in [2.45, 2.75) is 68.5 Å². The van der Waals surface area contributed by atoms with Crippen molar-refractivity contribution in [2.75, 3.05) is 31.5 Å². The maximum atomic E-state index is 13.3. The highest BCUT2D eigenvalue weighted by Gasteiger charge is 2.32. The average molecular weight is 550 g/mol. The summed E-state index contributed by atoms with van der Waals surface area (Å²) in [5.41, 5.74) is 1.24. The summed E-state index contributed by atoms with van der Waals surface area (Å²) in [6.45, 7) is 6.94. The molecule has 0 saturated carbocycles. The van der Waals surface area contributed by atoms with E-state index in [9.17, 15) is 21.6 Å². The van der Waals surface area contributed by atoms with Crippen molar-refractivity contribution < 1.29 is 26.4 Å². The van der Waals surface area contributed by atoms with Gasteiger partial charge in [-0.05, 0) is 75.6 Å². The summed E-state index contributed by atoms with van der Waals surface area (Å²) in [4.78, 5) is 13.2. The fourth-order valence-electron chi connectivity index (χ4n) is 4.83. The minimum Gasteiger partial charge on any atom is -0.373 e. The quantitative estimate of drug-likeness (QED) is 0.589. The van der Waals surface area contributed by atoms with Gasteiger partial charge in [0.25, 0.3) is 5.91 Å². The molecule has 0 bridgehead atoms. The Bertz CT molecular complexity index is 1320. The minimum absolute atomic E-state index is 0.103. The van der Waals surface area contributed by atoms with Gasteiger partial charge in [-0.25, -0.2) is 16.8 Å². The lowest BCUT2D eigenvalue weighted by Crippen LogP contribution is -2.48. The predicted octanol–water partition coefficient (Wildman–Crippen LogP) is 3.61. The van der Waals surface area contributed by atoms with Gasteiger partial charge in [0.1, 0.15) is 0 Å². The summed E-state index contributed by atoms with van der Waals surface area (Å²) in [6, 6.07) is 10.6. The van der Waals surface area contributed by atoms with Crippen LogP contribution in [0.15, 0.2) is 52.3 Å². The number of sulfonamides is 2. The SMILES string of the molecule is Cc1ccc(NC(=O)c2ccc(S(=O)(=O)N3C[C@@H](C)O[C@@H](C)C3)cc2)cc1S(=O)(=O)N1CCCCCC1. The molecule has 2 saturated heterocycles. The molecule has 2 aliphatic heterocycles. The third-order valence-electron chi connectivity index (χ3n) is 6.77. The van der Waals surface area contributed by atoms with Crippen LogP contribution in [0.5, 0.6) is 0 Å². The number of morpholine rings is 1. The van der Waals surface area contributed by atoms with E-state index in [1.807, 2.05) is 13.8 Å². The van der Waals surface area contributed by atoms with E-state index in [0.29, 0.717) is 24.3 Å². The lowest BCUT2D eigenvalue weighted by atomic mass is 10.2. The van der Waals surface area contributed by atoms with Gasteiger partial charge in [0.05, 0.1) is 22.0 Å². The minimum atomic E-state index is -3.72. The second kappa shape index (κ2) is 11.2. The van der Waals surface area contributed by atoms with E-state index < -0.39 is 26.0 Å². The summed E-state index contributed by atoms with van der Waals surface area (Å²) in [6.07, 6.45) is 3.31. The summed E-state index contributed by atoms with van der Waals surface area (Å²) >= 11 is 0. The van der Waals surface area contributed by atoms with E-state index in [1.165, 1.54) is 38.9 Å². The Morgan fingerprint density at radius 1 is 0.838 bits per heavy atom. The molecule has 0 radical (unpaired) electrons. The van der Waals surface area contributed by atoms with Crippen molar-refractivity contribution in [1.29, 1.82) is 0 Å². The van der Waals surface area contributed by atoms with Crippen LogP contribution in [0.2, 0.25) is 0 Å². The van der Waals surface area contributed by atoms with Crippen LogP contribution >= 0.6 is 0 Å². The molecule has 2 heterocycles. The zero-order chi connectivity index (χ0) is 26.8. The summed E-state index contributed by atoms with van der Waals surface area (Å²) in [5, 5.41) is 2.75. The Morgan fingerprint density at radius 3 is 2.03 bits per heavy atom. The first kappa shape index (κ1) is 27.7. The van der Waals surface area contributed by atoms with Gasteiger partial charge in [-0.15, -0.1) is 0 Å². The second-order valence-corrected chi connectivity index (χ2v) is 13.7. The van der Waals surface area contributed by atoms with Crippen LogP contribution in [-0.4, -0.2) is 69.7 Å². The number of carbonyl (C=O) groups excluding carboxylic acids is 1. The van der Waals surface area contributed by atoms with Crippen molar-refractivity contribution in [2.24, 2.45) is 0 Å². The van der Waals surface area contributed by atoms with Crippen molar-refractivity contribution in [3.63, 3.8) is 0 Å². The van der Waals surface area contributed by atoms with Gasteiger partial charge < -0.3 is 10.1 Å². The number of aryl methyl sites for hydroxylation is 1. The number of hydrogen-bond acceptors (Lipinski definition) is 6. The molecule has 4 rings (SSSR count). The molecule has 37 heavy (non-hydrogen) atoms. The number of hydrogen-bond donors (Lipinski definition) is 1. The molecule has 0 spiro atoms. The van der Waals surface area contributed by atoms with E-state index in [1.54, 1.807) is 19.1 Å². The molecule has 0 aromatic heterocycles. The molecule has 11 heteroatoms. The molecule has 1 N–H and O–H groups in total. The number of anilines is 1. The van der Waals surface area contributed by atoms with Gasteiger partial charge in [0.15, 0.2) is 0 Å². The van der Waals surface area contributed by atoms with E-state index in [4.69, 9.17) is 4.74 Å². The molecule has 2 aliphatic rings. The number of nitrogens with one attached hydrogen (secondary N) is 1. The normalized spacial score (nSPS) is 22.4. The number of amides is 1. The molecule has 2 atom stereocenters. The van der Waals surface area contributed by atoms with Gasteiger partial charge >= 0.3 is 0 Å². The zero-order valence-electron chi connectivity index (χ0n) is 21.5.